The first-order valence-corrected chi connectivity index (χ1v) is 10.3. The summed E-state index contributed by atoms with van der Waals surface area (Å²) < 4.78 is 0. The number of hydrogen-bond donors (Lipinski definition) is 2. The smallest absolute Gasteiger partial charge is 0.192 e. The molecule has 5 aliphatic rings. The van der Waals surface area contributed by atoms with E-state index < -0.39 is 6.04 Å². The van der Waals surface area contributed by atoms with Crippen molar-refractivity contribution >= 4 is 22.5 Å². The number of carbonyl (C=O) groups is 1. The van der Waals surface area contributed by atoms with Crippen LogP contribution in [-0.2, 0) is 0 Å². The molecule has 0 amide bonds. The molecule has 0 spiro atoms. The highest BCUT2D eigenvalue weighted by Crippen LogP contribution is 2.55. The first-order valence-electron chi connectivity index (χ1n) is 10.3. The third-order valence-corrected chi connectivity index (χ3v) is 7.44. The number of nitrogens with zero attached hydrogens (tertiary/aromatic N) is 1. The molecule has 3 N–H and O–H groups in total. The average molecular weight is 359 g/mol. The van der Waals surface area contributed by atoms with Crippen molar-refractivity contribution in [3.8, 4) is 0 Å². The Bertz CT molecular complexity index is 952. The van der Waals surface area contributed by atoms with Crippen LogP contribution in [0.4, 0.5) is 0 Å². The number of ketones is 1. The Balaban J connectivity index is 1.32. The van der Waals surface area contributed by atoms with Crippen LogP contribution in [0.2, 0.25) is 0 Å². The van der Waals surface area contributed by atoms with Crippen LogP contribution in [0.15, 0.2) is 41.4 Å². The van der Waals surface area contributed by atoms with Crippen molar-refractivity contribution < 1.29 is 4.79 Å². The maximum Gasteiger partial charge on any atom is 0.192 e. The van der Waals surface area contributed by atoms with Crippen molar-refractivity contribution in [3.63, 3.8) is 0 Å². The molecule has 4 bridgehead atoms. The molecule has 1 unspecified atom stereocenters. The zero-order valence-electron chi connectivity index (χ0n) is 15.4. The van der Waals surface area contributed by atoms with Crippen LogP contribution in [0, 0.1) is 17.8 Å². The van der Waals surface area contributed by atoms with Crippen molar-refractivity contribution in [1.29, 1.82) is 0 Å². The minimum Gasteiger partial charge on any atom is -0.370 e. The molecular weight excluding hydrogens is 334 g/mol. The lowest BCUT2D eigenvalue weighted by Gasteiger charge is -2.57. The van der Waals surface area contributed by atoms with Gasteiger partial charge in [0.25, 0.3) is 0 Å². The molecule has 4 nitrogen and oxygen atoms in total. The van der Waals surface area contributed by atoms with E-state index in [-0.39, 0.29) is 11.3 Å². The van der Waals surface area contributed by atoms with Gasteiger partial charge in [0, 0.05) is 11.1 Å². The average Bonchev–Trinajstić information content (AvgIpc) is 2.88. The molecule has 0 heterocycles. The molecule has 0 aromatic heterocycles. The molecular formula is C23H25N3O. The van der Waals surface area contributed by atoms with E-state index in [1.54, 1.807) is 0 Å². The maximum absolute atomic E-state index is 13.0. The molecule has 4 heteroatoms. The Morgan fingerprint density at radius 1 is 1.00 bits per heavy atom. The topological polar surface area (TPSA) is 67.5 Å². The number of guanidine groups is 1. The fraction of sp³-hybridized carbons (Fsp3) is 0.478. The third-order valence-electron chi connectivity index (χ3n) is 7.44. The molecule has 138 valence electrons. The van der Waals surface area contributed by atoms with Gasteiger partial charge in [0.05, 0.1) is 0 Å². The summed E-state index contributed by atoms with van der Waals surface area (Å²) in [6.45, 7) is 0. The molecule has 0 saturated heterocycles. The summed E-state index contributed by atoms with van der Waals surface area (Å²) in [5, 5.41) is 5.75. The Kier molecular flexibility index (Phi) is 3.10. The summed E-state index contributed by atoms with van der Waals surface area (Å²) in [5.74, 6) is 3.06. The highest BCUT2D eigenvalue weighted by atomic mass is 16.1. The van der Waals surface area contributed by atoms with Gasteiger partial charge in [0.15, 0.2) is 11.7 Å². The summed E-state index contributed by atoms with van der Waals surface area (Å²) in [5.41, 5.74) is 8.27. The first kappa shape index (κ1) is 15.7. The SMILES string of the molecule is NC(=NC1C(=O)c2cccc3cccc1c23)NC12CC3CC(CC(C3)C1)C2. The minimum absolute atomic E-state index is 0.0667. The number of hydrogen-bond acceptors (Lipinski definition) is 2. The van der Waals surface area contributed by atoms with Gasteiger partial charge in [-0.1, -0.05) is 36.4 Å². The number of carbonyl (C=O) groups excluding carboxylic acids is 1. The summed E-state index contributed by atoms with van der Waals surface area (Å²) in [4.78, 5) is 17.7. The Hall–Kier alpha value is -2.36. The van der Waals surface area contributed by atoms with E-state index >= 15 is 0 Å². The van der Waals surface area contributed by atoms with Crippen molar-refractivity contribution in [2.75, 3.05) is 0 Å². The van der Waals surface area contributed by atoms with Crippen LogP contribution in [0.25, 0.3) is 10.8 Å². The molecule has 0 aliphatic heterocycles. The zero-order valence-corrected chi connectivity index (χ0v) is 15.4. The predicted molar refractivity (Wildman–Crippen MR) is 107 cm³/mol. The number of Topliss-reactive ketones (excluding diaryl/α,β-unsaturated/α-hetero) is 1. The Labute approximate surface area is 159 Å². The second-order valence-corrected chi connectivity index (χ2v) is 9.35. The molecule has 2 aromatic rings. The quantitative estimate of drug-likeness (QED) is 0.630. The van der Waals surface area contributed by atoms with Crippen molar-refractivity contribution in [2.24, 2.45) is 28.5 Å². The predicted octanol–water partition coefficient (Wildman–Crippen LogP) is 3.95. The van der Waals surface area contributed by atoms with Gasteiger partial charge >= 0.3 is 0 Å². The van der Waals surface area contributed by atoms with Gasteiger partial charge in [0.1, 0.15) is 6.04 Å². The van der Waals surface area contributed by atoms with Crippen molar-refractivity contribution in [1.82, 2.24) is 5.32 Å². The van der Waals surface area contributed by atoms with E-state index in [1.807, 2.05) is 24.3 Å². The number of benzene rings is 2. The van der Waals surface area contributed by atoms with E-state index in [1.165, 1.54) is 38.5 Å². The number of aliphatic imine (C=N–C) groups is 1. The molecule has 1 atom stereocenters. The van der Waals surface area contributed by atoms with Crippen molar-refractivity contribution in [2.45, 2.75) is 50.1 Å². The fourth-order valence-electron chi connectivity index (χ4n) is 6.93. The lowest BCUT2D eigenvalue weighted by Crippen LogP contribution is -2.61. The van der Waals surface area contributed by atoms with E-state index in [0.717, 1.165) is 39.7 Å². The van der Waals surface area contributed by atoms with Gasteiger partial charge in [-0.05, 0) is 72.6 Å². The first-order chi connectivity index (χ1) is 13.1. The van der Waals surface area contributed by atoms with Crippen LogP contribution in [0.1, 0.15) is 60.5 Å². The van der Waals surface area contributed by atoms with E-state index in [2.05, 4.69) is 17.4 Å². The van der Waals surface area contributed by atoms with E-state index in [9.17, 15) is 4.79 Å². The number of rotatable bonds is 2. The fourth-order valence-corrected chi connectivity index (χ4v) is 6.93. The second-order valence-electron chi connectivity index (χ2n) is 9.35. The maximum atomic E-state index is 13.0. The Morgan fingerprint density at radius 2 is 1.63 bits per heavy atom. The molecule has 5 aliphatic carbocycles. The lowest BCUT2D eigenvalue weighted by molar-refractivity contribution is -0.0103. The van der Waals surface area contributed by atoms with Gasteiger partial charge < -0.3 is 11.1 Å². The number of nitrogens with one attached hydrogen (secondary N) is 1. The van der Waals surface area contributed by atoms with Gasteiger partial charge in [0.2, 0.25) is 0 Å². The van der Waals surface area contributed by atoms with Gasteiger partial charge in [-0.3, -0.25) is 4.79 Å². The molecule has 2 aromatic carbocycles. The molecule has 27 heavy (non-hydrogen) atoms. The van der Waals surface area contributed by atoms with Crippen molar-refractivity contribution in [3.05, 3.63) is 47.5 Å². The van der Waals surface area contributed by atoms with Crippen LogP contribution in [0.5, 0.6) is 0 Å². The summed E-state index contributed by atoms with van der Waals surface area (Å²) in [6, 6.07) is 11.5. The summed E-state index contributed by atoms with van der Waals surface area (Å²) in [7, 11) is 0. The monoisotopic (exact) mass is 359 g/mol. The largest absolute Gasteiger partial charge is 0.370 e. The summed E-state index contributed by atoms with van der Waals surface area (Å²) >= 11 is 0. The molecule has 4 fully saturated rings. The Morgan fingerprint density at radius 3 is 2.30 bits per heavy atom. The third kappa shape index (κ3) is 2.28. The van der Waals surface area contributed by atoms with E-state index in [0.29, 0.717) is 5.96 Å². The standard InChI is InChI=1S/C23H25N3O/c24-22(26-23-10-13-7-14(11-23)9-15(8-13)12-23)25-20-17-5-1-3-16-4-2-6-18(19(16)17)21(20)27/h1-6,13-15,20H,7-12H2,(H3,24,25,26). The van der Waals surface area contributed by atoms with Gasteiger partial charge in [-0.25, -0.2) is 4.99 Å². The van der Waals surface area contributed by atoms with Crippen LogP contribution in [-0.4, -0.2) is 17.3 Å². The van der Waals surface area contributed by atoms with E-state index in [4.69, 9.17) is 10.7 Å². The lowest BCUT2D eigenvalue weighted by atomic mass is 9.53. The van der Waals surface area contributed by atoms with Crippen LogP contribution in [0.3, 0.4) is 0 Å². The molecule has 4 saturated carbocycles. The van der Waals surface area contributed by atoms with Gasteiger partial charge in [-0.15, -0.1) is 0 Å². The van der Waals surface area contributed by atoms with Crippen LogP contribution >= 0.6 is 0 Å². The zero-order chi connectivity index (χ0) is 18.2. The molecule has 0 radical (unpaired) electrons. The second kappa shape index (κ2) is 5.34. The minimum atomic E-state index is -0.507. The number of nitrogens with two attached hydrogens (primary N) is 1. The normalized spacial score (nSPS) is 36.6. The highest BCUT2D eigenvalue weighted by Gasteiger charge is 2.51. The van der Waals surface area contributed by atoms with Gasteiger partial charge in [-0.2, -0.15) is 0 Å². The highest BCUT2D eigenvalue weighted by molar-refractivity contribution is 6.18. The molecule has 7 rings (SSSR count). The summed E-state index contributed by atoms with van der Waals surface area (Å²) in [6.07, 6.45) is 7.83. The van der Waals surface area contributed by atoms with Crippen LogP contribution < -0.4 is 11.1 Å².